The molecule has 128 valence electrons. The van der Waals surface area contributed by atoms with E-state index in [2.05, 4.69) is 5.32 Å². The lowest BCUT2D eigenvalue weighted by Gasteiger charge is -2.07. The van der Waals surface area contributed by atoms with E-state index < -0.39 is 12.6 Å². The van der Waals surface area contributed by atoms with E-state index in [0.29, 0.717) is 21.3 Å². The van der Waals surface area contributed by atoms with E-state index in [1.54, 1.807) is 25.1 Å². The summed E-state index contributed by atoms with van der Waals surface area (Å²) in [6.45, 7) is 1.34. The number of carbonyl (C=O) groups excluding carboxylic acids is 3. The van der Waals surface area contributed by atoms with E-state index in [-0.39, 0.29) is 23.2 Å². The van der Waals surface area contributed by atoms with Crippen LogP contribution in [0.15, 0.2) is 36.4 Å². The van der Waals surface area contributed by atoms with Gasteiger partial charge in [-0.25, -0.2) is 4.79 Å². The summed E-state index contributed by atoms with van der Waals surface area (Å²) < 4.78 is 5.03. The van der Waals surface area contributed by atoms with Crippen LogP contribution in [0, 0.1) is 0 Å². The normalized spacial score (nSPS) is 15.5. The maximum Gasteiger partial charge on any atom is 0.338 e. The zero-order valence-electron chi connectivity index (χ0n) is 13.1. The Labute approximate surface area is 153 Å². The van der Waals surface area contributed by atoms with Gasteiger partial charge in [0.05, 0.1) is 11.5 Å². The molecule has 0 saturated carbocycles. The lowest BCUT2D eigenvalue weighted by molar-refractivity contribution is -0.116. The predicted octanol–water partition coefficient (Wildman–Crippen LogP) is 4.09. The van der Waals surface area contributed by atoms with Gasteiger partial charge in [0.25, 0.3) is 0 Å². The van der Waals surface area contributed by atoms with Gasteiger partial charge in [0.1, 0.15) is 0 Å². The fourth-order valence-corrected chi connectivity index (χ4v) is 3.09. The minimum Gasteiger partial charge on any atom is -0.454 e. The second kappa shape index (κ2) is 6.86. The van der Waals surface area contributed by atoms with Gasteiger partial charge in [0.2, 0.25) is 5.91 Å². The maximum absolute atomic E-state index is 12.3. The third-order valence-electron chi connectivity index (χ3n) is 3.92. The third kappa shape index (κ3) is 3.67. The van der Waals surface area contributed by atoms with Crippen LogP contribution < -0.4 is 5.32 Å². The molecule has 0 unspecified atom stereocenters. The van der Waals surface area contributed by atoms with E-state index in [9.17, 15) is 14.4 Å². The molecule has 2 aromatic rings. The zero-order chi connectivity index (χ0) is 18.1. The van der Waals surface area contributed by atoms with Gasteiger partial charge in [-0.3, -0.25) is 9.59 Å². The van der Waals surface area contributed by atoms with Crippen molar-refractivity contribution in [3.8, 4) is 0 Å². The van der Waals surface area contributed by atoms with Gasteiger partial charge in [-0.05, 0) is 48.9 Å². The highest BCUT2D eigenvalue weighted by molar-refractivity contribution is 6.35. The van der Waals surface area contributed by atoms with Crippen molar-refractivity contribution in [3.63, 3.8) is 0 Å². The Hall–Kier alpha value is -2.37. The zero-order valence-corrected chi connectivity index (χ0v) is 14.6. The van der Waals surface area contributed by atoms with E-state index >= 15 is 0 Å². The van der Waals surface area contributed by atoms with Gasteiger partial charge < -0.3 is 10.1 Å². The number of esters is 1. The molecule has 0 radical (unpaired) electrons. The largest absolute Gasteiger partial charge is 0.454 e. The SMILES string of the molecule is C[C@H]1C(=O)Nc2ccc(C(=O)COC(=O)c3cc(Cl)cc(Cl)c3)cc21. The molecule has 25 heavy (non-hydrogen) atoms. The van der Waals surface area contributed by atoms with Crippen molar-refractivity contribution in [2.75, 3.05) is 11.9 Å². The second-order valence-electron chi connectivity index (χ2n) is 5.67. The number of carbonyl (C=O) groups is 3. The first-order chi connectivity index (χ1) is 11.8. The molecule has 2 aromatic carbocycles. The average Bonchev–Trinajstić information content (AvgIpc) is 2.85. The molecule has 0 aromatic heterocycles. The van der Waals surface area contributed by atoms with E-state index in [0.717, 1.165) is 5.56 Å². The molecule has 0 fully saturated rings. The number of amides is 1. The molecule has 0 saturated heterocycles. The smallest absolute Gasteiger partial charge is 0.338 e. The number of ketones is 1. The summed E-state index contributed by atoms with van der Waals surface area (Å²) in [5.74, 6) is -1.48. The molecule has 7 heteroatoms. The standard InChI is InChI=1S/C18H13Cl2NO4/c1-9-14-6-10(2-3-15(14)21-17(9)23)16(22)8-25-18(24)11-4-12(19)7-13(20)5-11/h2-7,9H,8H2,1H3,(H,21,23)/t9-/m1/s1. The van der Waals surface area contributed by atoms with Gasteiger partial charge >= 0.3 is 5.97 Å². The molecule has 1 atom stereocenters. The Morgan fingerprint density at radius 2 is 1.76 bits per heavy atom. The highest BCUT2D eigenvalue weighted by atomic mass is 35.5. The first-order valence-corrected chi connectivity index (χ1v) is 8.22. The summed E-state index contributed by atoms with van der Waals surface area (Å²) in [7, 11) is 0. The van der Waals surface area contributed by atoms with Gasteiger partial charge in [0.15, 0.2) is 12.4 Å². The molecule has 1 N–H and O–H groups in total. The summed E-state index contributed by atoms with van der Waals surface area (Å²) in [5, 5.41) is 3.34. The summed E-state index contributed by atoms with van der Waals surface area (Å²) in [6, 6.07) is 9.21. The topological polar surface area (TPSA) is 72.5 Å². The Bertz CT molecular complexity index is 874. The van der Waals surface area contributed by atoms with Crippen LogP contribution >= 0.6 is 23.2 Å². The number of nitrogens with one attached hydrogen (secondary N) is 1. The number of fused-ring (bicyclic) bond motifs is 1. The van der Waals surface area contributed by atoms with Crippen LogP contribution in [0.25, 0.3) is 0 Å². The molecule has 1 aliphatic heterocycles. The summed E-state index contributed by atoms with van der Waals surface area (Å²) in [4.78, 5) is 35.9. The quantitative estimate of drug-likeness (QED) is 0.643. The van der Waals surface area contributed by atoms with Crippen molar-refractivity contribution in [2.24, 2.45) is 0 Å². The van der Waals surface area contributed by atoms with Crippen molar-refractivity contribution >= 4 is 46.5 Å². The van der Waals surface area contributed by atoms with Crippen LogP contribution in [0.2, 0.25) is 10.0 Å². The molecule has 5 nitrogen and oxygen atoms in total. The molecule has 1 aliphatic rings. The number of rotatable bonds is 4. The van der Waals surface area contributed by atoms with Crippen LogP contribution in [-0.2, 0) is 9.53 Å². The minimum absolute atomic E-state index is 0.108. The molecule has 3 rings (SSSR count). The fraction of sp³-hybridized carbons (Fsp3) is 0.167. The van der Waals surface area contributed by atoms with Gasteiger partial charge in [-0.1, -0.05) is 23.2 Å². The van der Waals surface area contributed by atoms with Crippen molar-refractivity contribution in [3.05, 3.63) is 63.1 Å². The molecule has 0 bridgehead atoms. The van der Waals surface area contributed by atoms with Crippen molar-refractivity contribution < 1.29 is 19.1 Å². The van der Waals surface area contributed by atoms with Crippen molar-refractivity contribution in [1.82, 2.24) is 0 Å². The minimum atomic E-state index is -0.691. The van der Waals surface area contributed by atoms with E-state index in [1.807, 2.05) is 0 Å². The number of halogens is 2. The number of hydrogen-bond acceptors (Lipinski definition) is 4. The van der Waals surface area contributed by atoms with Crippen LogP contribution in [0.5, 0.6) is 0 Å². The molecule has 0 aliphatic carbocycles. The lowest BCUT2D eigenvalue weighted by atomic mass is 9.99. The van der Waals surface area contributed by atoms with Crippen LogP contribution in [0.1, 0.15) is 39.1 Å². The average molecular weight is 378 g/mol. The summed E-state index contributed by atoms with van der Waals surface area (Å²) in [6.07, 6.45) is 0. The second-order valence-corrected chi connectivity index (χ2v) is 6.54. The van der Waals surface area contributed by atoms with Crippen LogP contribution in [0.4, 0.5) is 5.69 Å². The molecular weight excluding hydrogens is 365 g/mol. The maximum atomic E-state index is 12.3. The fourth-order valence-electron chi connectivity index (χ4n) is 2.56. The Morgan fingerprint density at radius 1 is 1.08 bits per heavy atom. The lowest BCUT2D eigenvalue weighted by Crippen LogP contribution is -2.14. The molecular formula is C18H13Cl2NO4. The summed E-state index contributed by atoms with van der Waals surface area (Å²) >= 11 is 11.7. The third-order valence-corrected chi connectivity index (χ3v) is 4.36. The van der Waals surface area contributed by atoms with Crippen LogP contribution in [-0.4, -0.2) is 24.3 Å². The van der Waals surface area contributed by atoms with E-state index in [1.165, 1.54) is 18.2 Å². The number of ether oxygens (including phenoxy) is 1. The Kier molecular flexibility index (Phi) is 4.79. The molecule has 1 amide bonds. The first-order valence-electron chi connectivity index (χ1n) is 7.46. The van der Waals surface area contributed by atoms with Gasteiger partial charge in [0, 0.05) is 21.3 Å². The Morgan fingerprint density at radius 3 is 2.44 bits per heavy atom. The van der Waals surface area contributed by atoms with Crippen LogP contribution in [0.3, 0.4) is 0 Å². The number of benzene rings is 2. The summed E-state index contributed by atoms with van der Waals surface area (Å²) in [5.41, 5.74) is 1.99. The monoisotopic (exact) mass is 377 g/mol. The van der Waals surface area contributed by atoms with Gasteiger partial charge in [-0.15, -0.1) is 0 Å². The molecule has 0 spiro atoms. The first kappa shape index (κ1) is 17.5. The number of anilines is 1. The number of Topliss-reactive ketones (excluding diaryl/α,β-unsaturated/α-hetero) is 1. The Balaban J connectivity index is 1.69. The van der Waals surface area contributed by atoms with Crippen molar-refractivity contribution in [2.45, 2.75) is 12.8 Å². The highest BCUT2D eigenvalue weighted by Gasteiger charge is 2.27. The highest BCUT2D eigenvalue weighted by Crippen LogP contribution is 2.32. The number of hydrogen-bond donors (Lipinski definition) is 1. The van der Waals surface area contributed by atoms with Crippen molar-refractivity contribution in [1.29, 1.82) is 0 Å². The van der Waals surface area contributed by atoms with Gasteiger partial charge in [-0.2, -0.15) is 0 Å². The predicted molar refractivity (Wildman–Crippen MR) is 94.6 cm³/mol. The molecule has 1 heterocycles. The van der Waals surface area contributed by atoms with E-state index in [4.69, 9.17) is 27.9 Å².